The fourth-order valence-electron chi connectivity index (χ4n) is 4.06. The van der Waals surface area contributed by atoms with Gasteiger partial charge in [-0.1, -0.05) is 52.9 Å². The summed E-state index contributed by atoms with van der Waals surface area (Å²) in [5.74, 6) is 1.77. The molecule has 3 rings (SSSR count). The number of aryl methyl sites for hydroxylation is 1. The van der Waals surface area contributed by atoms with Gasteiger partial charge in [0.1, 0.15) is 11.6 Å². The van der Waals surface area contributed by atoms with Crippen molar-refractivity contribution in [1.82, 2.24) is 19.6 Å². The van der Waals surface area contributed by atoms with E-state index < -0.39 is 9.05 Å². The predicted molar refractivity (Wildman–Crippen MR) is 134 cm³/mol. The van der Waals surface area contributed by atoms with Crippen LogP contribution in [0.4, 0.5) is 0 Å². The molecule has 2 aromatic heterocycles. The van der Waals surface area contributed by atoms with Crippen LogP contribution in [0.5, 0.6) is 5.75 Å². The molecule has 34 heavy (non-hydrogen) atoms. The van der Waals surface area contributed by atoms with E-state index in [1.54, 1.807) is 11.4 Å². The van der Waals surface area contributed by atoms with Gasteiger partial charge in [-0.05, 0) is 37.5 Å². The van der Waals surface area contributed by atoms with Crippen LogP contribution in [0.25, 0.3) is 16.9 Å². The molecule has 0 aliphatic heterocycles. The first kappa shape index (κ1) is 26.2. The van der Waals surface area contributed by atoms with Gasteiger partial charge < -0.3 is 9.72 Å². The highest BCUT2D eigenvalue weighted by Crippen LogP contribution is 2.31. The van der Waals surface area contributed by atoms with Gasteiger partial charge in [-0.2, -0.15) is 0 Å². The molecule has 1 unspecified atom stereocenters. The van der Waals surface area contributed by atoms with Crippen LogP contribution in [0.2, 0.25) is 0 Å². The van der Waals surface area contributed by atoms with Gasteiger partial charge in [-0.15, -0.1) is 5.10 Å². The Labute approximate surface area is 205 Å². The second-order valence-corrected chi connectivity index (χ2v) is 11.2. The molecule has 1 aromatic carbocycles. The summed E-state index contributed by atoms with van der Waals surface area (Å²) in [5.41, 5.74) is 1.000. The molecule has 0 spiro atoms. The first-order valence-corrected chi connectivity index (χ1v) is 14.2. The molecule has 0 amide bonds. The minimum absolute atomic E-state index is 0.0974. The van der Waals surface area contributed by atoms with Gasteiger partial charge in [-0.3, -0.25) is 4.79 Å². The summed E-state index contributed by atoms with van der Waals surface area (Å²) in [6.45, 7) is 8.55. The van der Waals surface area contributed by atoms with Crippen molar-refractivity contribution in [3.63, 3.8) is 0 Å². The molecule has 0 radical (unpaired) electrons. The maximum Gasteiger partial charge on any atom is 0.277 e. The zero-order chi connectivity index (χ0) is 24.9. The van der Waals surface area contributed by atoms with Crippen LogP contribution in [0.1, 0.15) is 70.8 Å². The summed E-state index contributed by atoms with van der Waals surface area (Å²) in [6, 6.07) is 4.29. The number of hydrogen-bond acceptors (Lipinski definition) is 6. The van der Waals surface area contributed by atoms with Gasteiger partial charge in [-0.25, -0.2) is 17.9 Å². The number of fused-ring (bicyclic) bond motifs is 1. The minimum Gasteiger partial charge on any atom is -0.493 e. The van der Waals surface area contributed by atoms with E-state index in [4.69, 9.17) is 15.4 Å². The Kier molecular flexibility index (Phi) is 8.76. The monoisotopic (exact) mass is 508 g/mol. The number of rotatable bonds is 12. The van der Waals surface area contributed by atoms with Crippen LogP contribution in [0.3, 0.4) is 0 Å². The molecule has 186 valence electrons. The maximum atomic E-state index is 13.0. The summed E-state index contributed by atoms with van der Waals surface area (Å²) in [7, 11) is 1.60. The summed E-state index contributed by atoms with van der Waals surface area (Å²) in [5, 5.41) is 4.68. The normalized spacial score (nSPS) is 12.9. The van der Waals surface area contributed by atoms with Crippen molar-refractivity contribution in [2.75, 3.05) is 6.61 Å². The number of ether oxygens (including phenoxy) is 1. The van der Waals surface area contributed by atoms with E-state index in [0.29, 0.717) is 41.5 Å². The first-order valence-electron chi connectivity index (χ1n) is 11.9. The molecule has 8 nitrogen and oxygen atoms in total. The van der Waals surface area contributed by atoms with Crippen LogP contribution in [-0.2, 0) is 15.5 Å². The zero-order valence-electron chi connectivity index (χ0n) is 20.2. The Morgan fingerprint density at radius 1 is 1.18 bits per heavy atom. The van der Waals surface area contributed by atoms with E-state index >= 15 is 0 Å². The van der Waals surface area contributed by atoms with Crippen LogP contribution in [-0.4, -0.2) is 34.6 Å². The number of benzene rings is 1. The smallest absolute Gasteiger partial charge is 0.277 e. The average Bonchev–Trinajstić information content (AvgIpc) is 3.11. The molecule has 0 aliphatic carbocycles. The van der Waals surface area contributed by atoms with Crippen molar-refractivity contribution < 1.29 is 13.2 Å². The highest BCUT2D eigenvalue weighted by atomic mass is 35.7. The number of aromatic nitrogens is 4. The molecule has 1 atom stereocenters. The number of H-pyrrole nitrogens is 1. The fraction of sp³-hybridized carbons (Fsp3) is 0.542. The Morgan fingerprint density at radius 3 is 2.59 bits per heavy atom. The molecule has 0 bridgehead atoms. The van der Waals surface area contributed by atoms with E-state index in [9.17, 15) is 13.2 Å². The van der Waals surface area contributed by atoms with Crippen LogP contribution in [0, 0.1) is 12.8 Å². The van der Waals surface area contributed by atoms with Gasteiger partial charge >= 0.3 is 0 Å². The average molecular weight is 509 g/mol. The van der Waals surface area contributed by atoms with Crippen molar-refractivity contribution >= 4 is 25.2 Å². The van der Waals surface area contributed by atoms with E-state index in [2.05, 4.69) is 28.9 Å². The maximum absolute atomic E-state index is 13.0. The van der Waals surface area contributed by atoms with Gasteiger partial charge in [0.2, 0.25) is 0 Å². The van der Waals surface area contributed by atoms with E-state index in [1.807, 2.05) is 6.92 Å². The lowest BCUT2D eigenvalue weighted by molar-refractivity contribution is 0.318. The lowest BCUT2D eigenvalue weighted by atomic mass is 9.95. The Morgan fingerprint density at radius 2 is 1.94 bits per heavy atom. The zero-order valence-corrected chi connectivity index (χ0v) is 21.8. The fourth-order valence-corrected chi connectivity index (χ4v) is 4.84. The van der Waals surface area contributed by atoms with Gasteiger partial charge in [0.15, 0.2) is 11.3 Å². The van der Waals surface area contributed by atoms with Crippen LogP contribution < -0.4 is 10.3 Å². The number of nitrogens with one attached hydrogen (secondary N) is 1. The summed E-state index contributed by atoms with van der Waals surface area (Å²) in [4.78, 5) is 20.4. The van der Waals surface area contributed by atoms with Gasteiger partial charge in [0, 0.05) is 17.1 Å². The van der Waals surface area contributed by atoms with Crippen molar-refractivity contribution in [3.05, 3.63) is 40.1 Å². The quantitative estimate of drug-likeness (QED) is 0.264. The third-order valence-electron chi connectivity index (χ3n) is 5.96. The van der Waals surface area contributed by atoms with Crippen molar-refractivity contribution in [2.45, 2.75) is 77.5 Å². The molecule has 0 aliphatic rings. The number of aromatic amines is 1. The van der Waals surface area contributed by atoms with Gasteiger partial charge in [0.05, 0.1) is 22.8 Å². The van der Waals surface area contributed by atoms with E-state index in [0.717, 1.165) is 31.5 Å². The minimum atomic E-state index is -3.98. The molecule has 10 heteroatoms. The third-order valence-corrected chi connectivity index (χ3v) is 7.31. The van der Waals surface area contributed by atoms with Crippen LogP contribution >= 0.6 is 10.7 Å². The second kappa shape index (κ2) is 11.4. The summed E-state index contributed by atoms with van der Waals surface area (Å²) >= 11 is 0. The molecule has 0 saturated heterocycles. The number of hydrogen-bond donors (Lipinski definition) is 1. The number of imidazole rings is 1. The standard InChI is InChI=1S/C24H33ClN4O4S/c1-5-8-9-10-17(7-3)14-21-26-16(4)22-24(30)27-23(28-29(21)22)19-15-18(34(25,31)32)11-12-20(19)33-13-6-2/h11-12,15,17H,5-10,13-14H2,1-4H3,(H,27,28,30). The van der Waals surface area contributed by atoms with E-state index in [-0.39, 0.29) is 16.3 Å². The second-order valence-electron chi connectivity index (χ2n) is 8.60. The summed E-state index contributed by atoms with van der Waals surface area (Å²) in [6.07, 6.45) is 7.10. The van der Waals surface area contributed by atoms with E-state index in [1.165, 1.54) is 31.0 Å². The molecule has 3 aromatic rings. The van der Waals surface area contributed by atoms with Crippen molar-refractivity contribution in [2.24, 2.45) is 5.92 Å². The molecular weight excluding hydrogens is 476 g/mol. The number of nitrogens with zero attached hydrogens (tertiary/aromatic N) is 3. The van der Waals surface area contributed by atoms with Crippen LogP contribution in [0.15, 0.2) is 27.9 Å². The largest absolute Gasteiger partial charge is 0.493 e. The first-order chi connectivity index (χ1) is 16.2. The highest BCUT2D eigenvalue weighted by Gasteiger charge is 2.21. The Balaban J connectivity index is 2.12. The summed E-state index contributed by atoms with van der Waals surface area (Å²) < 4.78 is 31.3. The molecule has 2 heterocycles. The Bertz CT molecular complexity index is 1300. The highest BCUT2D eigenvalue weighted by molar-refractivity contribution is 8.13. The Hall–Kier alpha value is -2.39. The number of halogens is 1. The molecular formula is C24H33ClN4O4S. The van der Waals surface area contributed by atoms with Crippen molar-refractivity contribution in [1.29, 1.82) is 0 Å². The third kappa shape index (κ3) is 5.99. The molecule has 0 saturated carbocycles. The van der Waals surface area contributed by atoms with Gasteiger partial charge in [0.25, 0.3) is 14.6 Å². The van der Waals surface area contributed by atoms with Crippen molar-refractivity contribution in [3.8, 4) is 17.1 Å². The number of unbranched alkanes of at least 4 members (excludes halogenated alkanes) is 2. The molecule has 1 N–H and O–H groups in total. The topological polar surface area (TPSA) is 106 Å². The molecule has 0 fully saturated rings. The SMILES string of the molecule is CCCCCC(CC)Cc1nc(C)c2c(=O)[nH]c(-c3cc(S(=O)(=O)Cl)ccc3OCCC)nn12. The lowest BCUT2D eigenvalue weighted by Crippen LogP contribution is -2.17. The predicted octanol–water partition coefficient (Wildman–Crippen LogP) is 5.26. The lowest BCUT2D eigenvalue weighted by Gasteiger charge is -2.14.